The fourth-order valence-electron chi connectivity index (χ4n) is 2.22. The van der Waals surface area contributed by atoms with Gasteiger partial charge in [0.2, 0.25) is 15.9 Å². The van der Waals surface area contributed by atoms with Gasteiger partial charge in [0.1, 0.15) is 0 Å². The van der Waals surface area contributed by atoms with Gasteiger partial charge in [-0.25, -0.2) is 18.5 Å². The lowest BCUT2D eigenvalue weighted by atomic mass is 10.2. The molecule has 3 N–H and O–H groups in total. The number of rotatable bonds is 5. The molecule has 8 heteroatoms. The van der Waals surface area contributed by atoms with Crippen LogP contribution in [0.15, 0.2) is 70.6 Å². The minimum atomic E-state index is -3.80. The minimum Gasteiger partial charge on any atom is -0.325 e. The molecule has 3 rings (SSSR count). The average Bonchev–Trinajstić information content (AvgIpc) is 2.59. The van der Waals surface area contributed by atoms with E-state index in [0.29, 0.717) is 5.69 Å². The second-order valence-electron chi connectivity index (χ2n) is 5.25. The lowest BCUT2D eigenvalue weighted by Crippen LogP contribution is -2.16. The van der Waals surface area contributed by atoms with Crippen molar-refractivity contribution in [2.45, 2.75) is 9.92 Å². The number of nitrogens with zero attached hydrogens (tertiary/aromatic N) is 1. The molecule has 0 aliphatic heterocycles. The summed E-state index contributed by atoms with van der Waals surface area (Å²) in [5.41, 5.74) is 1.25. The van der Waals surface area contributed by atoms with Crippen molar-refractivity contribution < 1.29 is 13.2 Å². The fourth-order valence-corrected chi connectivity index (χ4v) is 3.45. The Labute approximate surface area is 149 Å². The van der Waals surface area contributed by atoms with Gasteiger partial charge in [0, 0.05) is 11.1 Å². The van der Waals surface area contributed by atoms with E-state index in [1.54, 1.807) is 6.07 Å². The van der Waals surface area contributed by atoms with Crippen molar-refractivity contribution in [3.8, 4) is 0 Å². The molecular formula is C17H15N3O3S2. The molecule has 0 saturated carbocycles. The number of pyridine rings is 1. The number of primary sulfonamides is 1. The van der Waals surface area contributed by atoms with Crippen LogP contribution in [0.4, 0.5) is 5.69 Å². The van der Waals surface area contributed by atoms with Crippen molar-refractivity contribution in [2.24, 2.45) is 5.14 Å². The molecule has 0 spiro atoms. The SMILES string of the molecule is NS(=O)(=O)c1cccc(NC(=O)CSc2ccc3ccccc3n2)c1. The molecule has 128 valence electrons. The maximum atomic E-state index is 12.1. The number of aromatic nitrogens is 1. The molecule has 3 aromatic rings. The van der Waals surface area contributed by atoms with Crippen LogP contribution in [0.25, 0.3) is 10.9 Å². The van der Waals surface area contributed by atoms with E-state index in [9.17, 15) is 13.2 Å². The van der Waals surface area contributed by atoms with Crippen molar-refractivity contribution in [3.05, 3.63) is 60.7 Å². The summed E-state index contributed by atoms with van der Waals surface area (Å²) in [6.45, 7) is 0. The summed E-state index contributed by atoms with van der Waals surface area (Å²) >= 11 is 1.31. The van der Waals surface area contributed by atoms with Gasteiger partial charge in [-0.2, -0.15) is 0 Å². The summed E-state index contributed by atoms with van der Waals surface area (Å²) in [4.78, 5) is 16.5. The third-order valence-electron chi connectivity index (χ3n) is 3.37. The molecule has 25 heavy (non-hydrogen) atoms. The molecule has 0 aliphatic rings. The van der Waals surface area contributed by atoms with Gasteiger partial charge < -0.3 is 5.32 Å². The number of carbonyl (C=O) groups excluding carboxylic acids is 1. The van der Waals surface area contributed by atoms with Gasteiger partial charge in [-0.3, -0.25) is 4.79 Å². The van der Waals surface area contributed by atoms with E-state index in [2.05, 4.69) is 10.3 Å². The van der Waals surface area contributed by atoms with Crippen LogP contribution >= 0.6 is 11.8 Å². The largest absolute Gasteiger partial charge is 0.325 e. The first-order valence-corrected chi connectivity index (χ1v) is 9.86. The van der Waals surface area contributed by atoms with Crippen LogP contribution < -0.4 is 10.5 Å². The van der Waals surface area contributed by atoms with E-state index in [4.69, 9.17) is 5.14 Å². The molecule has 0 radical (unpaired) electrons. The van der Waals surface area contributed by atoms with Gasteiger partial charge in [-0.1, -0.05) is 42.1 Å². The van der Waals surface area contributed by atoms with E-state index in [0.717, 1.165) is 15.9 Å². The first-order valence-electron chi connectivity index (χ1n) is 7.33. The third kappa shape index (κ3) is 4.56. The van der Waals surface area contributed by atoms with E-state index >= 15 is 0 Å². The van der Waals surface area contributed by atoms with E-state index in [1.165, 1.54) is 30.0 Å². The van der Waals surface area contributed by atoms with Crippen LogP contribution in [0, 0.1) is 0 Å². The van der Waals surface area contributed by atoms with Crippen molar-refractivity contribution in [1.82, 2.24) is 4.98 Å². The Balaban J connectivity index is 1.64. The zero-order valence-corrected chi connectivity index (χ0v) is 14.7. The summed E-state index contributed by atoms with van der Waals surface area (Å²) in [6.07, 6.45) is 0. The number of sulfonamides is 1. The number of anilines is 1. The number of thioether (sulfide) groups is 1. The van der Waals surface area contributed by atoms with Crippen LogP contribution in [0.2, 0.25) is 0 Å². The highest BCUT2D eigenvalue weighted by Crippen LogP contribution is 2.20. The van der Waals surface area contributed by atoms with Crippen LogP contribution in [-0.2, 0) is 14.8 Å². The molecule has 1 amide bonds. The summed E-state index contributed by atoms with van der Waals surface area (Å²) < 4.78 is 22.7. The molecule has 6 nitrogen and oxygen atoms in total. The van der Waals surface area contributed by atoms with Crippen molar-refractivity contribution in [2.75, 3.05) is 11.1 Å². The maximum absolute atomic E-state index is 12.1. The molecular weight excluding hydrogens is 358 g/mol. The zero-order valence-electron chi connectivity index (χ0n) is 13.0. The number of amides is 1. The number of nitrogens with two attached hydrogens (primary N) is 1. The average molecular weight is 373 g/mol. The van der Waals surface area contributed by atoms with Gasteiger partial charge in [0.25, 0.3) is 0 Å². The van der Waals surface area contributed by atoms with E-state index in [1.807, 2.05) is 36.4 Å². The van der Waals surface area contributed by atoms with E-state index < -0.39 is 10.0 Å². The molecule has 1 aromatic heterocycles. The quantitative estimate of drug-likeness (QED) is 0.669. The minimum absolute atomic E-state index is 0.0471. The molecule has 0 unspecified atom stereocenters. The number of hydrogen-bond acceptors (Lipinski definition) is 5. The molecule has 0 bridgehead atoms. The number of nitrogens with one attached hydrogen (secondary N) is 1. The maximum Gasteiger partial charge on any atom is 0.238 e. The normalized spacial score (nSPS) is 11.4. The highest BCUT2D eigenvalue weighted by atomic mass is 32.2. The van der Waals surface area contributed by atoms with Gasteiger partial charge >= 0.3 is 0 Å². The van der Waals surface area contributed by atoms with E-state index in [-0.39, 0.29) is 16.6 Å². The second kappa shape index (κ2) is 7.22. The molecule has 0 fully saturated rings. The lowest BCUT2D eigenvalue weighted by Gasteiger charge is -2.07. The predicted molar refractivity (Wildman–Crippen MR) is 98.9 cm³/mol. The Kier molecular flexibility index (Phi) is 5.03. The van der Waals surface area contributed by atoms with Gasteiger partial charge in [-0.05, 0) is 30.3 Å². The Morgan fingerprint density at radius 1 is 1.08 bits per heavy atom. The second-order valence-corrected chi connectivity index (χ2v) is 7.81. The third-order valence-corrected chi connectivity index (χ3v) is 5.21. The van der Waals surface area contributed by atoms with Crippen molar-refractivity contribution >= 4 is 44.3 Å². The van der Waals surface area contributed by atoms with Crippen LogP contribution in [0.1, 0.15) is 0 Å². The molecule has 0 aliphatic carbocycles. The number of carbonyl (C=O) groups is 1. The Bertz CT molecular complexity index is 1040. The Hall–Kier alpha value is -2.42. The molecule has 0 saturated heterocycles. The number of fused-ring (bicyclic) bond motifs is 1. The van der Waals surface area contributed by atoms with Gasteiger partial charge in [-0.15, -0.1) is 0 Å². The summed E-state index contributed by atoms with van der Waals surface area (Å²) in [5.74, 6) is -0.100. The van der Waals surface area contributed by atoms with Gasteiger partial charge in [0.05, 0.1) is 21.2 Å². The predicted octanol–water partition coefficient (Wildman–Crippen LogP) is 2.61. The van der Waals surface area contributed by atoms with Crippen molar-refractivity contribution in [3.63, 3.8) is 0 Å². The van der Waals surface area contributed by atoms with Crippen LogP contribution in [0.5, 0.6) is 0 Å². The molecule has 2 aromatic carbocycles. The summed E-state index contributed by atoms with van der Waals surface area (Å²) in [5, 5.41) is 9.52. The Morgan fingerprint density at radius 2 is 1.88 bits per heavy atom. The first-order chi connectivity index (χ1) is 11.9. The molecule has 0 atom stereocenters. The van der Waals surface area contributed by atoms with Gasteiger partial charge in [0.15, 0.2) is 0 Å². The smallest absolute Gasteiger partial charge is 0.238 e. The zero-order chi connectivity index (χ0) is 17.9. The number of benzene rings is 2. The first kappa shape index (κ1) is 17.4. The topological polar surface area (TPSA) is 102 Å². The van der Waals surface area contributed by atoms with Crippen LogP contribution in [-0.4, -0.2) is 25.1 Å². The standard InChI is InChI=1S/C17H15N3O3S2/c18-25(22,23)14-6-3-5-13(10-14)19-16(21)11-24-17-9-8-12-4-1-2-7-15(12)20-17/h1-10H,11H2,(H,19,21)(H2,18,22,23). The Morgan fingerprint density at radius 3 is 2.68 bits per heavy atom. The summed E-state index contributed by atoms with van der Waals surface area (Å²) in [6, 6.07) is 17.4. The van der Waals surface area contributed by atoms with Crippen LogP contribution in [0.3, 0.4) is 0 Å². The number of hydrogen-bond donors (Lipinski definition) is 2. The highest BCUT2D eigenvalue weighted by Gasteiger charge is 2.10. The molecule has 1 heterocycles. The fraction of sp³-hybridized carbons (Fsp3) is 0.0588. The lowest BCUT2D eigenvalue weighted by molar-refractivity contribution is -0.113. The van der Waals surface area contributed by atoms with Crippen molar-refractivity contribution in [1.29, 1.82) is 0 Å². The highest BCUT2D eigenvalue weighted by molar-refractivity contribution is 7.99. The number of para-hydroxylation sites is 1. The monoisotopic (exact) mass is 373 g/mol. The summed E-state index contributed by atoms with van der Waals surface area (Å²) in [7, 11) is -3.80.